The Morgan fingerprint density at radius 3 is 2.50 bits per heavy atom. The first-order chi connectivity index (χ1) is 20.4. The quantitative estimate of drug-likeness (QED) is 0.364. The van der Waals surface area contributed by atoms with Gasteiger partial charge in [0, 0.05) is 16.4 Å². The first kappa shape index (κ1) is 32.1. The van der Waals surface area contributed by atoms with Crippen LogP contribution in [0.15, 0.2) is 18.0 Å². The Morgan fingerprint density at radius 2 is 1.89 bits per heavy atom. The van der Waals surface area contributed by atoms with E-state index in [1.165, 1.54) is 11.9 Å². The molecule has 9 nitrogen and oxygen atoms in total. The van der Waals surface area contributed by atoms with Crippen molar-refractivity contribution < 1.29 is 19.4 Å². The largest absolute Gasteiger partial charge is 0.481 e. The molecule has 0 aromatic carbocycles. The maximum atomic E-state index is 13.4. The zero-order valence-corrected chi connectivity index (χ0v) is 28.6. The number of carboxylic acids is 1. The molecule has 1 saturated heterocycles. The Hall–Kier alpha value is -1.84. The highest BCUT2D eigenvalue weighted by Gasteiger charge is 2.72. The second kappa shape index (κ2) is 10.3. The van der Waals surface area contributed by atoms with Crippen LogP contribution in [0.25, 0.3) is 0 Å². The molecular weight excluding hydrogens is 554 g/mol. The summed E-state index contributed by atoms with van der Waals surface area (Å²) in [6, 6.07) is -0.0981. The summed E-state index contributed by atoms with van der Waals surface area (Å²) in [7, 11) is 0. The standard InChI is InChI=1S/C35H57N5O4/c1-21(2)22(3)31(6)14-15-33(8)23-10-11-26-32(7)18-43-19-35(26,24(23)12-13-34(33,9)27(31)29(41)42)16-25(40-38-20-37-39-40)28(32)44-17-30(4,5)36/h12,20-23,25-28H,10-11,13-19,36H2,1-9H3,(H,41,42)/t22-,23+,25-,26+,27-,28+,31-,32+,33-,34+,35+/m1/s1. The van der Waals surface area contributed by atoms with Crippen molar-refractivity contribution in [2.75, 3.05) is 19.8 Å². The lowest BCUT2D eigenvalue weighted by Gasteiger charge is -2.71. The molecule has 4 fully saturated rings. The molecule has 0 unspecified atom stereocenters. The average molecular weight is 612 g/mol. The monoisotopic (exact) mass is 611 g/mol. The van der Waals surface area contributed by atoms with Gasteiger partial charge < -0.3 is 20.3 Å². The number of tetrazole rings is 1. The van der Waals surface area contributed by atoms with Gasteiger partial charge in [0.05, 0.1) is 31.8 Å². The molecular formula is C35H57N5O4. The Balaban J connectivity index is 1.45. The fraction of sp³-hybridized carbons (Fsp3) is 0.886. The number of hydrogen-bond acceptors (Lipinski definition) is 7. The third-order valence-electron chi connectivity index (χ3n) is 14.4. The van der Waals surface area contributed by atoms with Crippen molar-refractivity contribution in [1.82, 2.24) is 20.2 Å². The molecule has 9 heteroatoms. The number of nitrogens with two attached hydrogens (primary N) is 1. The van der Waals surface area contributed by atoms with E-state index in [1.54, 1.807) is 4.80 Å². The number of fused-ring (bicyclic) bond motifs is 3. The van der Waals surface area contributed by atoms with E-state index in [4.69, 9.17) is 15.2 Å². The third-order valence-corrected chi connectivity index (χ3v) is 14.4. The predicted molar refractivity (Wildman–Crippen MR) is 168 cm³/mol. The van der Waals surface area contributed by atoms with Gasteiger partial charge in [0.15, 0.2) is 6.33 Å². The lowest BCUT2D eigenvalue weighted by atomic mass is 9.34. The van der Waals surface area contributed by atoms with E-state index in [0.717, 1.165) is 38.5 Å². The summed E-state index contributed by atoms with van der Waals surface area (Å²) in [5.74, 6) is 0.428. The molecule has 2 bridgehead atoms. The summed E-state index contributed by atoms with van der Waals surface area (Å²) < 4.78 is 13.4. The van der Waals surface area contributed by atoms with E-state index < -0.39 is 17.4 Å². The summed E-state index contributed by atoms with van der Waals surface area (Å²) in [6.45, 7) is 21.9. The summed E-state index contributed by atoms with van der Waals surface area (Å²) >= 11 is 0. The Bertz CT molecular complexity index is 1290. The zero-order chi connectivity index (χ0) is 32.1. The molecule has 1 aromatic heterocycles. The molecule has 0 radical (unpaired) electrons. The maximum Gasteiger partial charge on any atom is 0.307 e. The zero-order valence-electron chi connectivity index (χ0n) is 28.6. The highest BCUT2D eigenvalue weighted by Crippen LogP contribution is 2.75. The molecule has 44 heavy (non-hydrogen) atoms. The number of carboxylic acid groups (broad SMARTS) is 1. The van der Waals surface area contributed by atoms with Crippen LogP contribution in [0.3, 0.4) is 0 Å². The Morgan fingerprint density at radius 1 is 1.16 bits per heavy atom. The van der Waals surface area contributed by atoms with Crippen LogP contribution in [0, 0.1) is 56.7 Å². The lowest BCUT2D eigenvalue weighted by Crippen LogP contribution is -2.69. The predicted octanol–water partition coefficient (Wildman–Crippen LogP) is 5.93. The molecule has 11 atom stereocenters. The number of allylic oxidation sites excluding steroid dienone is 1. The van der Waals surface area contributed by atoms with Gasteiger partial charge in [-0.15, -0.1) is 10.2 Å². The normalized spacial score (nSPS) is 46.0. The van der Waals surface area contributed by atoms with Crippen LogP contribution in [-0.4, -0.2) is 62.7 Å². The first-order valence-electron chi connectivity index (χ1n) is 17.1. The van der Waals surface area contributed by atoms with Crippen LogP contribution in [0.1, 0.15) is 107 Å². The molecule has 246 valence electrons. The van der Waals surface area contributed by atoms with Gasteiger partial charge in [-0.1, -0.05) is 60.1 Å². The van der Waals surface area contributed by atoms with E-state index in [2.05, 4.69) is 70.0 Å². The summed E-state index contributed by atoms with van der Waals surface area (Å²) in [5.41, 5.74) is 6.31. The van der Waals surface area contributed by atoms with E-state index >= 15 is 0 Å². The van der Waals surface area contributed by atoms with Crippen LogP contribution in [0.4, 0.5) is 0 Å². The van der Waals surface area contributed by atoms with Crippen LogP contribution in [0.2, 0.25) is 0 Å². The van der Waals surface area contributed by atoms with Gasteiger partial charge in [0.2, 0.25) is 0 Å². The average Bonchev–Trinajstić information content (AvgIpc) is 3.46. The van der Waals surface area contributed by atoms with Crippen LogP contribution in [0.5, 0.6) is 0 Å². The third kappa shape index (κ3) is 4.34. The number of rotatable bonds is 7. The van der Waals surface area contributed by atoms with Gasteiger partial charge in [-0.3, -0.25) is 4.79 Å². The molecule has 0 amide bonds. The minimum Gasteiger partial charge on any atom is -0.481 e. The second-order valence-electron chi connectivity index (χ2n) is 17.6. The van der Waals surface area contributed by atoms with Crippen molar-refractivity contribution in [2.24, 2.45) is 62.4 Å². The maximum absolute atomic E-state index is 13.4. The van der Waals surface area contributed by atoms with Gasteiger partial charge in [-0.05, 0) is 97.5 Å². The smallest absolute Gasteiger partial charge is 0.307 e. The van der Waals surface area contributed by atoms with Crippen molar-refractivity contribution >= 4 is 5.97 Å². The Kier molecular flexibility index (Phi) is 7.54. The molecule has 1 aliphatic heterocycles. The molecule has 0 spiro atoms. The van der Waals surface area contributed by atoms with Crippen molar-refractivity contribution in [3.63, 3.8) is 0 Å². The fourth-order valence-electron chi connectivity index (χ4n) is 11.7. The van der Waals surface area contributed by atoms with Gasteiger partial charge in [-0.2, -0.15) is 4.80 Å². The summed E-state index contributed by atoms with van der Waals surface area (Å²) in [4.78, 5) is 15.1. The number of carbonyl (C=O) groups is 1. The van der Waals surface area contributed by atoms with Crippen molar-refractivity contribution in [3.05, 3.63) is 18.0 Å². The Labute approximate surface area is 264 Å². The topological polar surface area (TPSA) is 125 Å². The van der Waals surface area contributed by atoms with Gasteiger partial charge in [0.1, 0.15) is 6.04 Å². The molecule has 6 rings (SSSR count). The number of hydrogen-bond donors (Lipinski definition) is 2. The SMILES string of the molecule is CC(C)[C@@H](C)[C@@]1(C)CC[C@]2(C)[C@H]3CC[C@@H]4[C@@]5(COC[C@]4(C)[C@@H](OCC(C)(C)N)[C@H](n4ncnn4)C5)C3=CC[C@@]2(C)[C@@H]1C(=O)O. The lowest BCUT2D eigenvalue weighted by molar-refractivity contribution is -0.253. The highest BCUT2D eigenvalue weighted by molar-refractivity contribution is 5.73. The van der Waals surface area contributed by atoms with Crippen molar-refractivity contribution in [2.45, 2.75) is 119 Å². The van der Waals surface area contributed by atoms with Gasteiger partial charge in [-0.25, -0.2) is 0 Å². The van der Waals surface area contributed by atoms with E-state index in [1.807, 2.05) is 13.8 Å². The number of ether oxygens (including phenoxy) is 2. The molecule has 3 saturated carbocycles. The van der Waals surface area contributed by atoms with Crippen LogP contribution >= 0.6 is 0 Å². The van der Waals surface area contributed by atoms with Crippen LogP contribution in [-0.2, 0) is 14.3 Å². The van der Waals surface area contributed by atoms with Crippen molar-refractivity contribution in [3.8, 4) is 0 Å². The van der Waals surface area contributed by atoms with Gasteiger partial charge >= 0.3 is 5.97 Å². The number of aromatic nitrogens is 4. The fourth-order valence-corrected chi connectivity index (χ4v) is 11.7. The highest BCUT2D eigenvalue weighted by atomic mass is 16.5. The summed E-state index contributed by atoms with van der Waals surface area (Å²) in [5, 5.41) is 24.0. The van der Waals surface area contributed by atoms with Crippen molar-refractivity contribution in [1.29, 1.82) is 0 Å². The molecule has 3 N–H and O–H groups in total. The second-order valence-corrected chi connectivity index (χ2v) is 17.6. The van der Waals surface area contributed by atoms with Crippen LogP contribution < -0.4 is 5.73 Å². The van der Waals surface area contributed by atoms with E-state index in [0.29, 0.717) is 43.5 Å². The number of aliphatic carboxylic acids is 1. The molecule has 2 heterocycles. The molecule has 5 aliphatic rings. The first-order valence-corrected chi connectivity index (χ1v) is 17.1. The number of nitrogens with zero attached hydrogens (tertiary/aromatic N) is 4. The van der Waals surface area contributed by atoms with Gasteiger partial charge in [0.25, 0.3) is 0 Å². The summed E-state index contributed by atoms with van der Waals surface area (Å²) in [6.07, 6.45) is 9.59. The van der Waals surface area contributed by atoms with E-state index in [9.17, 15) is 9.90 Å². The molecule has 1 aromatic rings. The minimum absolute atomic E-state index is 0.0981. The minimum atomic E-state index is -0.622. The van der Waals surface area contributed by atoms with E-state index in [-0.39, 0.29) is 39.2 Å². The molecule has 4 aliphatic carbocycles.